The van der Waals surface area contributed by atoms with Crippen LogP contribution in [-0.2, 0) is 16.0 Å². The van der Waals surface area contributed by atoms with E-state index in [1.165, 1.54) is 19.3 Å². The minimum Gasteiger partial charge on any atom is -0.339 e. The summed E-state index contributed by atoms with van der Waals surface area (Å²) in [6.07, 6.45) is 10.8. The Morgan fingerprint density at radius 3 is 2.17 bits per heavy atom. The number of nitrogens with zero attached hydrogens (tertiary/aromatic N) is 4. The van der Waals surface area contributed by atoms with Gasteiger partial charge in [-0.1, -0.05) is 26.0 Å². The van der Waals surface area contributed by atoms with E-state index in [9.17, 15) is 9.59 Å². The number of amides is 2. The van der Waals surface area contributed by atoms with Gasteiger partial charge in [-0.05, 0) is 79.0 Å². The minimum absolute atomic E-state index is 0.135. The van der Waals surface area contributed by atoms with Crippen LogP contribution < -0.4 is 10.2 Å². The fourth-order valence-electron chi connectivity index (χ4n) is 8.57. The molecule has 4 bridgehead atoms. The Bertz CT molecular complexity index is 1120. The Labute approximate surface area is 213 Å². The van der Waals surface area contributed by atoms with Gasteiger partial charge in [0.05, 0.1) is 11.8 Å². The van der Waals surface area contributed by atoms with Crippen LogP contribution in [0.15, 0.2) is 42.7 Å². The van der Waals surface area contributed by atoms with Gasteiger partial charge in [-0.15, -0.1) is 0 Å². The number of nitrogens with one attached hydrogen (secondary N) is 1. The molecule has 2 unspecified atom stereocenters. The van der Waals surface area contributed by atoms with Gasteiger partial charge in [0.2, 0.25) is 17.8 Å². The van der Waals surface area contributed by atoms with Gasteiger partial charge in [0, 0.05) is 44.3 Å². The maximum absolute atomic E-state index is 13.6. The molecule has 36 heavy (non-hydrogen) atoms. The van der Waals surface area contributed by atoms with Crippen LogP contribution in [0.5, 0.6) is 0 Å². The van der Waals surface area contributed by atoms with Crippen LogP contribution in [0.3, 0.4) is 0 Å². The van der Waals surface area contributed by atoms with Gasteiger partial charge in [0.15, 0.2) is 0 Å². The van der Waals surface area contributed by atoms with Crippen molar-refractivity contribution in [3.05, 3.63) is 48.3 Å². The van der Waals surface area contributed by atoms with Gasteiger partial charge in [0.1, 0.15) is 0 Å². The van der Waals surface area contributed by atoms with E-state index < -0.39 is 0 Å². The second kappa shape index (κ2) is 8.56. The number of carbonyl (C=O) groups is 2. The first-order valence-electron chi connectivity index (χ1n) is 13.4. The van der Waals surface area contributed by atoms with Crippen LogP contribution in [-0.4, -0.2) is 52.9 Å². The van der Waals surface area contributed by atoms with Crippen LogP contribution in [0, 0.1) is 22.2 Å². The van der Waals surface area contributed by atoms with Crippen LogP contribution in [0.1, 0.15) is 57.9 Å². The molecule has 7 rings (SSSR count). The summed E-state index contributed by atoms with van der Waals surface area (Å²) in [4.78, 5) is 39.1. The van der Waals surface area contributed by atoms with Gasteiger partial charge >= 0.3 is 0 Å². The fraction of sp³-hybridized carbons (Fsp3) is 0.586. The molecular formula is C29H37N5O2. The molecule has 4 aliphatic carbocycles. The van der Waals surface area contributed by atoms with Crippen molar-refractivity contribution in [2.24, 2.45) is 22.2 Å². The number of anilines is 2. The first-order valence-corrected chi connectivity index (χ1v) is 13.4. The Kier molecular flexibility index (Phi) is 5.58. The molecule has 7 heteroatoms. The molecule has 2 heterocycles. The van der Waals surface area contributed by atoms with Crippen molar-refractivity contribution in [1.82, 2.24) is 14.9 Å². The Balaban J connectivity index is 1.04. The van der Waals surface area contributed by atoms with Crippen molar-refractivity contribution >= 4 is 23.5 Å². The third-order valence-electron chi connectivity index (χ3n) is 9.14. The lowest BCUT2D eigenvalue weighted by Crippen LogP contribution is -2.58. The normalized spacial score (nSPS) is 33.0. The third-order valence-corrected chi connectivity index (χ3v) is 9.14. The second-order valence-electron chi connectivity index (χ2n) is 12.7. The number of benzene rings is 1. The lowest BCUT2D eigenvalue weighted by atomic mass is 9.40. The van der Waals surface area contributed by atoms with E-state index in [1.807, 2.05) is 35.2 Å². The van der Waals surface area contributed by atoms with Crippen LogP contribution in [0.25, 0.3) is 0 Å². The van der Waals surface area contributed by atoms with Gasteiger partial charge in [0.25, 0.3) is 0 Å². The zero-order valence-corrected chi connectivity index (χ0v) is 21.5. The van der Waals surface area contributed by atoms with Crippen molar-refractivity contribution in [2.75, 3.05) is 36.4 Å². The summed E-state index contributed by atoms with van der Waals surface area (Å²) in [6.45, 7) is 7.62. The quantitative estimate of drug-likeness (QED) is 0.680. The molecule has 4 saturated carbocycles. The van der Waals surface area contributed by atoms with E-state index in [2.05, 4.69) is 34.0 Å². The molecule has 1 aromatic heterocycles. The zero-order chi connectivity index (χ0) is 25.0. The fourth-order valence-corrected chi connectivity index (χ4v) is 8.57. The Hall–Kier alpha value is -2.96. The molecular weight excluding hydrogens is 450 g/mol. The predicted octanol–water partition coefficient (Wildman–Crippen LogP) is 4.30. The molecule has 190 valence electrons. The highest BCUT2D eigenvalue weighted by Gasteiger charge is 2.62. The average Bonchev–Trinajstić information content (AvgIpc) is 2.83. The van der Waals surface area contributed by atoms with Crippen molar-refractivity contribution in [2.45, 2.75) is 58.8 Å². The van der Waals surface area contributed by atoms with Crippen LogP contribution in [0.2, 0.25) is 0 Å². The number of carbonyl (C=O) groups excluding carboxylic acids is 2. The van der Waals surface area contributed by atoms with E-state index in [0.717, 1.165) is 49.6 Å². The molecule has 1 aromatic carbocycles. The minimum atomic E-state index is -0.218. The summed E-state index contributed by atoms with van der Waals surface area (Å²) in [7, 11) is 0. The lowest BCUT2D eigenvalue weighted by Gasteiger charge is -2.64. The molecule has 5 aliphatic rings. The second-order valence-corrected chi connectivity index (χ2v) is 12.7. The van der Waals surface area contributed by atoms with Crippen molar-refractivity contribution in [1.29, 1.82) is 0 Å². The summed E-state index contributed by atoms with van der Waals surface area (Å²) < 4.78 is 0. The van der Waals surface area contributed by atoms with E-state index in [1.54, 1.807) is 12.4 Å². The standard InChI is InChI=1S/C29H37N5O2/c1-27-15-22-16-28(2,18-27)20-29(17-22,19-27)25(36)32-23-6-4-21(5-7-23)14-24(35)33-10-12-34(13-11-33)26-30-8-3-9-31-26/h3-9,22H,10-20H2,1-2H3,(H,32,36). The first kappa shape index (κ1) is 23.4. The van der Waals surface area contributed by atoms with Gasteiger partial charge in [-0.3, -0.25) is 9.59 Å². The Morgan fingerprint density at radius 2 is 1.56 bits per heavy atom. The topological polar surface area (TPSA) is 78.4 Å². The van der Waals surface area contributed by atoms with Crippen LogP contribution in [0.4, 0.5) is 11.6 Å². The predicted molar refractivity (Wildman–Crippen MR) is 139 cm³/mol. The maximum atomic E-state index is 13.6. The highest BCUT2D eigenvalue weighted by Crippen LogP contribution is 2.69. The number of hydrogen-bond donors (Lipinski definition) is 1. The smallest absolute Gasteiger partial charge is 0.230 e. The molecule has 0 radical (unpaired) electrons. The summed E-state index contributed by atoms with van der Waals surface area (Å²) in [5.74, 6) is 1.75. The molecule has 1 saturated heterocycles. The largest absolute Gasteiger partial charge is 0.339 e. The van der Waals surface area contributed by atoms with Gasteiger partial charge in [-0.2, -0.15) is 0 Å². The van der Waals surface area contributed by atoms with E-state index >= 15 is 0 Å². The molecule has 5 fully saturated rings. The molecule has 2 amide bonds. The third kappa shape index (κ3) is 4.37. The maximum Gasteiger partial charge on any atom is 0.230 e. The summed E-state index contributed by atoms with van der Waals surface area (Å²) in [6, 6.07) is 9.67. The van der Waals surface area contributed by atoms with Crippen LogP contribution >= 0.6 is 0 Å². The summed E-state index contributed by atoms with van der Waals surface area (Å²) >= 11 is 0. The number of rotatable bonds is 5. The SMILES string of the molecule is CC12CC3CC(C)(C1)CC(C(=O)Nc1ccc(CC(=O)N4CCN(c5ncccn5)CC4)cc1)(C3)C2. The Morgan fingerprint density at radius 1 is 0.917 bits per heavy atom. The van der Waals surface area contributed by atoms with Gasteiger partial charge in [-0.25, -0.2) is 9.97 Å². The number of hydrogen-bond acceptors (Lipinski definition) is 5. The zero-order valence-electron chi connectivity index (χ0n) is 21.5. The van der Waals surface area contributed by atoms with E-state index in [4.69, 9.17) is 0 Å². The average molecular weight is 488 g/mol. The molecule has 1 N–H and O–H groups in total. The first-order chi connectivity index (χ1) is 17.2. The summed E-state index contributed by atoms with van der Waals surface area (Å²) in [5, 5.41) is 3.25. The highest BCUT2D eigenvalue weighted by atomic mass is 16.2. The van der Waals surface area contributed by atoms with Crippen molar-refractivity contribution in [3.8, 4) is 0 Å². The molecule has 7 nitrogen and oxygen atoms in total. The molecule has 1 aliphatic heterocycles. The van der Waals surface area contributed by atoms with Crippen molar-refractivity contribution in [3.63, 3.8) is 0 Å². The summed E-state index contributed by atoms with van der Waals surface area (Å²) in [5.41, 5.74) is 2.22. The van der Waals surface area contributed by atoms with Crippen molar-refractivity contribution < 1.29 is 9.59 Å². The van der Waals surface area contributed by atoms with E-state index in [-0.39, 0.29) is 17.2 Å². The number of piperazine rings is 1. The monoisotopic (exact) mass is 487 g/mol. The molecule has 0 spiro atoms. The molecule has 2 aromatic rings. The lowest BCUT2D eigenvalue weighted by molar-refractivity contribution is -0.165. The van der Waals surface area contributed by atoms with Gasteiger partial charge < -0.3 is 15.1 Å². The highest BCUT2D eigenvalue weighted by molar-refractivity contribution is 5.96. The number of aromatic nitrogens is 2. The van der Waals surface area contributed by atoms with E-state index in [0.29, 0.717) is 36.3 Å². The molecule has 2 atom stereocenters.